The maximum Gasteiger partial charge on any atom is 0.227 e. The first-order chi connectivity index (χ1) is 9.02. The van der Waals surface area contributed by atoms with E-state index in [-0.39, 0.29) is 18.1 Å². The Hall–Kier alpha value is -2.17. The van der Waals surface area contributed by atoms with E-state index in [2.05, 4.69) is 0 Å². The van der Waals surface area contributed by atoms with Crippen LogP contribution in [0.2, 0.25) is 0 Å². The van der Waals surface area contributed by atoms with Gasteiger partial charge in [-0.15, -0.1) is 0 Å². The van der Waals surface area contributed by atoms with E-state index in [1.54, 1.807) is 31.2 Å². The summed E-state index contributed by atoms with van der Waals surface area (Å²) in [5.74, 6) is -0.925. The summed E-state index contributed by atoms with van der Waals surface area (Å²) in [4.78, 5) is 36.0. The number of nitrogens with two attached hydrogens (primary N) is 1. The molecule has 0 bridgehead atoms. The number of Topliss-reactive ketones (excluding diaryl/α,β-unsaturated/α-hetero) is 1. The molecule has 0 saturated carbocycles. The molecule has 1 heterocycles. The second-order valence-electron chi connectivity index (χ2n) is 4.63. The summed E-state index contributed by atoms with van der Waals surface area (Å²) >= 11 is 0. The number of carbonyl (C=O) groups excluding carboxylic acids is 3. The lowest BCUT2D eigenvalue weighted by atomic mass is 10.1. The molecule has 5 nitrogen and oxygen atoms in total. The summed E-state index contributed by atoms with van der Waals surface area (Å²) in [5.41, 5.74) is 6.54. The lowest BCUT2D eigenvalue weighted by Gasteiger charge is -2.16. The van der Waals surface area contributed by atoms with Crippen LogP contribution >= 0.6 is 0 Å². The molecule has 1 fully saturated rings. The van der Waals surface area contributed by atoms with Gasteiger partial charge in [0.15, 0.2) is 5.78 Å². The molecule has 1 aromatic carbocycles. The molecule has 1 atom stereocenters. The number of hydrogen-bond acceptors (Lipinski definition) is 3. The Labute approximate surface area is 111 Å². The van der Waals surface area contributed by atoms with Gasteiger partial charge in [-0.05, 0) is 24.3 Å². The number of amides is 2. The van der Waals surface area contributed by atoms with E-state index < -0.39 is 11.8 Å². The van der Waals surface area contributed by atoms with Crippen molar-refractivity contribution in [1.29, 1.82) is 0 Å². The van der Waals surface area contributed by atoms with E-state index in [9.17, 15) is 14.4 Å². The predicted octanol–water partition coefficient (Wildman–Crippen LogP) is 1.12. The fourth-order valence-corrected chi connectivity index (χ4v) is 2.18. The molecule has 100 valence electrons. The molecule has 1 aromatic rings. The normalized spacial score (nSPS) is 18.7. The van der Waals surface area contributed by atoms with Crippen molar-refractivity contribution < 1.29 is 14.4 Å². The second kappa shape index (κ2) is 5.22. The van der Waals surface area contributed by atoms with Crippen molar-refractivity contribution in [2.75, 3.05) is 11.4 Å². The first-order valence-electron chi connectivity index (χ1n) is 6.26. The van der Waals surface area contributed by atoms with E-state index in [4.69, 9.17) is 5.73 Å². The van der Waals surface area contributed by atoms with Crippen LogP contribution in [0.4, 0.5) is 5.69 Å². The Morgan fingerprint density at radius 3 is 2.42 bits per heavy atom. The number of nitrogens with zero attached hydrogens (tertiary/aromatic N) is 1. The maximum absolute atomic E-state index is 11.8. The van der Waals surface area contributed by atoms with Gasteiger partial charge in [0.25, 0.3) is 0 Å². The van der Waals surface area contributed by atoms with Gasteiger partial charge in [0, 0.05) is 30.6 Å². The van der Waals surface area contributed by atoms with Crippen molar-refractivity contribution in [3.63, 3.8) is 0 Å². The standard InChI is InChI=1S/C14H16N2O3/c1-2-12(17)9-3-5-11(6-4-9)16-8-10(14(15)19)7-13(16)18/h3-6,10H,2,7-8H2,1H3,(H2,15,19). The third-order valence-electron chi connectivity index (χ3n) is 3.35. The summed E-state index contributed by atoms with van der Waals surface area (Å²) in [7, 11) is 0. The number of carbonyl (C=O) groups is 3. The zero-order chi connectivity index (χ0) is 14.0. The van der Waals surface area contributed by atoms with Crippen molar-refractivity contribution in [3.05, 3.63) is 29.8 Å². The molecule has 2 rings (SSSR count). The summed E-state index contributed by atoms with van der Waals surface area (Å²) in [6, 6.07) is 6.85. The molecular weight excluding hydrogens is 244 g/mol. The van der Waals surface area contributed by atoms with E-state index in [0.717, 1.165) is 0 Å². The smallest absolute Gasteiger partial charge is 0.227 e. The largest absolute Gasteiger partial charge is 0.369 e. The van der Waals surface area contributed by atoms with Crippen molar-refractivity contribution in [3.8, 4) is 0 Å². The monoisotopic (exact) mass is 260 g/mol. The molecule has 0 aromatic heterocycles. The number of hydrogen-bond donors (Lipinski definition) is 1. The topological polar surface area (TPSA) is 80.5 Å². The fourth-order valence-electron chi connectivity index (χ4n) is 2.18. The SMILES string of the molecule is CCC(=O)c1ccc(N2CC(C(N)=O)CC2=O)cc1. The third kappa shape index (κ3) is 2.65. The Bertz CT molecular complexity index is 522. The quantitative estimate of drug-likeness (QED) is 0.824. The molecule has 2 N–H and O–H groups in total. The van der Waals surface area contributed by atoms with Gasteiger partial charge >= 0.3 is 0 Å². The van der Waals surface area contributed by atoms with Crippen LogP contribution in [0.15, 0.2) is 24.3 Å². The van der Waals surface area contributed by atoms with Crippen molar-refractivity contribution in [1.82, 2.24) is 0 Å². The van der Waals surface area contributed by atoms with Crippen LogP contribution in [0, 0.1) is 5.92 Å². The minimum Gasteiger partial charge on any atom is -0.369 e. The number of benzene rings is 1. The number of rotatable bonds is 4. The van der Waals surface area contributed by atoms with Gasteiger partial charge in [0.2, 0.25) is 11.8 Å². The second-order valence-corrected chi connectivity index (χ2v) is 4.63. The summed E-state index contributed by atoms with van der Waals surface area (Å²) in [5, 5.41) is 0. The molecule has 0 radical (unpaired) electrons. The minimum absolute atomic E-state index is 0.0642. The Morgan fingerprint density at radius 1 is 1.32 bits per heavy atom. The minimum atomic E-state index is -0.450. The fraction of sp³-hybridized carbons (Fsp3) is 0.357. The maximum atomic E-state index is 11.8. The van der Waals surface area contributed by atoms with Gasteiger partial charge in [0.05, 0.1) is 5.92 Å². The van der Waals surface area contributed by atoms with Gasteiger partial charge < -0.3 is 10.6 Å². The van der Waals surface area contributed by atoms with Crippen LogP contribution in [-0.2, 0) is 9.59 Å². The van der Waals surface area contributed by atoms with Crippen LogP contribution in [0.25, 0.3) is 0 Å². The molecule has 0 spiro atoms. The Kier molecular flexibility index (Phi) is 3.64. The summed E-state index contributed by atoms with van der Waals surface area (Å²) in [6.45, 7) is 2.12. The van der Waals surface area contributed by atoms with Crippen LogP contribution in [0.1, 0.15) is 30.1 Å². The number of anilines is 1. The zero-order valence-corrected chi connectivity index (χ0v) is 10.8. The number of primary amides is 1. The van der Waals surface area contributed by atoms with Crippen molar-refractivity contribution in [2.24, 2.45) is 11.7 Å². The molecule has 5 heteroatoms. The van der Waals surface area contributed by atoms with Gasteiger partial charge in [0.1, 0.15) is 0 Å². The molecular formula is C14H16N2O3. The van der Waals surface area contributed by atoms with Crippen LogP contribution in [0.3, 0.4) is 0 Å². The molecule has 1 aliphatic heterocycles. The molecule has 19 heavy (non-hydrogen) atoms. The highest BCUT2D eigenvalue weighted by Crippen LogP contribution is 2.25. The molecule has 1 aliphatic rings. The first-order valence-corrected chi connectivity index (χ1v) is 6.26. The highest BCUT2D eigenvalue weighted by molar-refractivity contribution is 6.01. The van der Waals surface area contributed by atoms with Gasteiger partial charge in [-0.25, -0.2) is 0 Å². The predicted molar refractivity (Wildman–Crippen MR) is 70.7 cm³/mol. The van der Waals surface area contributed by atoms with E-state index in [0.29, 0.717) is 24.2 Å². The van der Waals surface area contributed by atoms with Crippen molar-refractivity contribution >= 4 is 23.3 Å². The van der Waals surface area contributed by atoms with Gasteiger partial charge in [-0.3, -0.25) is 14.4 Å². The summed E-state index contributed by atoms with van der Waals surface area (Å²) < 4.78 is 0. The van der Waals surface area contributed by atoms with Crippen LogP contribution in [-0.4, -0.2) is 24.1 Å². The molecule has 1 unspecified atom stereocenters. The van der Waals surface area contributed by atoms with Crippen LogP contribution in [0.5, 0.6) is 0 Å². The van der Waals surface area contributed by atoms with Crippen molar-refractivity contribution in [2.45, 2.75) is 19.8 Å². The number of ketones is 1. The van der Waals surface area contributed by atoms with E-state index >= 15 is 0 Å². The van der Waals surface area contributed by atoms with E-state index in [1.165, 1.54) is 4.90 Å². The van der Waals surface area contributed by atoms with Gasteiger partial charge in [-0.2, -0.15) is 0 Å². The lowest BCUT2D eigenvalue weighted by molar-refractivity contribution is -0.123. The Morgan fingerprint density at radius 2 is 1.95 bits per heavy atom. The first kappa shape index (κ1) is 13.3. The molecule has 2 amide bonds. The average Bonchev–Trinajstić information content (AvgIpc) is 2.80. The highest BCUT2D eigenvalue weighted by Gasteiger charge is 2.33. The molecule has 1 saturated heterocycles. The van der Waals surface area contributed by atoms with Gasteiger partial charge in [-0.1, -0.05) is 6.92 Å². The average molecular weight is 260 g/mol. The van der Waals surface area contributed by atoms with E-state index in [1.807, 2.05) is 0 Å². The molecule has 0 aliphatic carbocycles. The lowest BCUT2D eigenvalue weighted by Crippen LogP contribution is -2.28. The zero-order valence-electron chi connectivity index (χ0n) is 10.8. The van der Waals surface area contributed by atoms with Crippen LogP contribution < -0.4 is 10.6 Å². The summed E-state index contributed by atoms with van der Waals surface area (Å²) in [6.07, 6.45) is 0.608. The Balaban J connectivity index is 2.17. The third-order valence-corrected chi connectivity index (χ3v) is 3.35. The highest BCUT2D eigenvalue weighted by atomic mass is 16.2.